The lowest BCUT2D eigenvalue weighted by atomic mass is 10.2. The van der Waals surface area contributed by atoms with E-state index in [-0.39, 0.29) is 6.01 Å². The number of aromatic nitrogens is 2. The molecular weight excluding hydrogens is 406 g/mol. The summed E-state index contributed by atoms with van der Waals surface area (Å²) in [6.45, 7) is 0.308. The summed E-state index contributed by atoms with van der Waals surface area (Å²) in [5.41, 5.74) is 1.68. The fraction of sp³-hybridized carbons (Fsp3) is 0.136. The topological polar surface area (TPSA) is 75.1 Å². The first-order valence-corrected chi connectivity index (χ1v) is 9.37. The van der Waals surface area contributed by atoms with E-state index in [0.29, 0.717) is 34.7 Å². The molecule has 3 rings (SSSR count). The molecule has 0 spiro atoms. The summed E-state index contributed by atoms with van der Waals surface area (Å²) < 4.78 is 16.1. The van der Waals surface area contributed by atoms with Crippen LogP contribution in [0.4, 0.5) is 0 Å². The number of hydrogen-bond donors (Lipinski definition) is 0. The predicted molar refractivity (Wildman–Crippen MR) is 116 cm³/mol. The van der Waals surface area contributed by atoms with Crippen LogP contribution < -0.4 is 14.2 Å². The third-order valence-electron chi connectivity index (χ3n) is 3.79. The first kappa shape index (κ1) is 21.1. The zero-order chi connectivity index (χ0) is 21.2. The van der Waals surface area contributed by atoms with Gasteiger partial charge in [-0.15, -0.1) is 0 Å². The molecule has 0 aliphatic carbocycles. The van der Waals surface area contributed by atoms with E-state index in [1.165, 1.54) is 14.2 Å². The first-order valence-electron chi connectivity index (χ1n) is 8.99. The van der Waals surface area contributed by atoms with Crippen molar-refractivity contribution in [3.05, 3.63) is 76.8 Å². The van der Waals surface area contributed by atoms with E-state index in [1.807, 2.05) is 54.6 Å². The Kier molecular flexibility index (Phi) is 7.63. The SMILES string of the molecule is COc1cc(OC)nc(Oc2ccccc2/C=N\OC/C=C/c2cccc(Cl)c2)n1. The molecule has 154 valence electrons. The molecule has 0 bridgehead atoms. The van der Waals surface area contributed by atoms with Crippen LogP contribution in [0.5, 0.6) is 23.5 Å². The highest BCUT2D eigenvalue weighted by atomic mass is 35.5. The number of oxime groups is 1. The second-order valence-electron chi connectivity index (χ2n) is 5.86. The Balaban J connectivity index is 1.62. The summed E-state index contributed by atoms with van der Waals surface area (Å²) in [6, 6.07) is 16.5. The van der Waals surface area contributed by atoms with Crippen LogP contribution in [0.2, 0.25) is 5.02 Å². The molecule has 8 heteroatoms. The summed E-state index contributed by atoms with van der Waals surface area (Å²) in [7, 11) is 3.01. The number of rotatable bonds is 9. The number of nitrogens with zero attached hydrogens (tertiary/aromatic N) is 3. The van der Waals surface area contributed by atoms with E-state index in [0.717, 1.165) is 5.56 Å². The molecule has 0 amide bonds. The normalized spacial score (nSPS) is 11.0. The van der Waals surface area contributed by atoms with Gasteiger partial charge in [0, 0.05) is 10.6 Å². The maximum absolute atomic E-state index is 5.96. The summed E-state index contributed by atoms with van der Waals surface area (Å²) in [5.74, 6) is 1.17. The van der Waals surface area contributed by atoms with E-state index in [1.54, 1.807) is 18.3 Å². The van der Waals surface area contributed by atoms with E-state index in [9.17, 15) is 0 Å². The smallest absolute Gasteiger partial charge is 0.328 e. The first-order chi connectivity index (χ1) is 14.7. The van der Waals surface area contributed by atoms with Gasteiger partial charge in [-0.25, -0.2) is 0 Å². The minimum atomic E-state index is 0.0948. The molecule has 2 aromatic carbocycles. The number of methoxy groups -OCH3 is 2. The maximum atomic E-state index is 5.96. The summed E-state index contributed by atoms with van der Waals surface area (Å²) in [6.07, 6.45) is 5.31. The van der Waals surface area contributed by atoms with E-state index in [4.69, 9.17) is 30.6 Å². The van der Waals surface area contributed by atoms with Gasteiger partial charge in [0.25, 0.3) is 0 Å². The van der Waals surface area contributed by atoms with Crippen molar-refractivity contribution < 1.29 is 19.0 Å². The molecule has 0 fully saturated rings. The number of benzene rings is 2. The second kappa shape index (κ2) is 10.8. The van der Waals surface area contributed by atoms with E-state index in [2.05, 4.69) is 15.1 Å². The van der Waals surface area contributed by atoms with Crippen LogP contribution in [-0.4, -0.2) is 37.0 Å². The molecule has 3 aromatic rings. The molecule has 0 atom stereocenters. The lowest BCUT2D eigenvalue weighted by Gasteiger charge is -2.09. The van der Waals surface area contributed by atoms with Gasteiger partial charge in [-0.3, -0.25) is 0 Å². The van der Waals surface area contributed by atoms with Crippen molar-refractivity contribution in [3.63, 3.8) is 0 Å². The molecule has 0 saturated heterocycles. The second-order valence-corrected chi connectivity index (χ2v) is 6.30. The minimum Gasteiger partial charge on any atom is -0.481 e. The minimum absolute atomic E-state index is 0.0948. The number of para-hydroxylation sites is 1. The highest BCUT2D eigenvalue weighted by Gasteiger charge is 2.09. The standard InChI is InChI=1S/C22H20ClN3O4/c1-27-20-14-21(28-2)26-22(25-20)30-19-11-4-3-9-17(19)15-24-29-12-6-8-16-7-5-10-18(23)13-16/h3-11,13-15H,12H2,1-2H3/b8-6+,24-15-. The van der Waals surface area contributed by atoms with Gasteiger partial charge in [0.2, 0.25) is 11.8 Å². The Hall–Kier alpha value is -3.58. The van der Waals surface area contributed by atoms with Gasteiger partial charge in [0.1, 0.15) is 12.4 Å². The van der Waals surface area contributed by atoms with Gasteiger partial charge in [0.15, 0.2) is 0 Å². The van der Waals surface area contributed by atoms with Gasteiger partial charge in [-0.05, 0) is 35.9 Å². The van der Waals surface area contributed by atoms with Gasteiger partial charge >= 0.3 is 6.01 Å². The van der Waals surface area contributed by atoms with Gasteiger partial charge in [0.05, 0.1) is 26.5 Å². The van der Waals surface area contributed by atoms with E-state index >= 15 is 0 Å². The zero-order valence-electron chi connectivity index (χ0n) is 16.5. The number of hydrogen-bond acceptors (Lipinski definition) is 7. The quantitative estimate of drug-likeness (QED) is 0.273. The van der Waals surface area contributed by atoms with Crippen LogP contribution in [-0.2, 0) is 4.84 Å². The van der Waals surface area contributed by atoms with Crippen molar-refractivity contribution >= 4 is 23.9 Å². The largest absolute Gasteiger partial charge is 0.481 e. The van der Waals surface area contributed by atoms with Gasteiger partial charge < -0.3 is 19.0 Å². The molecule has 1 heterocycles. The third-order valence-corrected chi connectivity index (χ3v) is 4.03. The lowest BCUT2D eigenvalue weighted by molar-refractivity contribution is 0.177. The van der Waals surface area contributed by atoms with Crippen molar-refractivity contribution in [1.82, 2.24) is 9.97 Å². The van der Waals surface area contributed by atoms with Crippen molar-refractivity contribution in [3.8, 4) is 23.5 Å². The Morgan fingerprint density at radius 3 is 2.47 bits per heavy atom. The average molecular weight is 426 g/mol. The van der Waals surface area contributed by atoms with E-state index < -0.39 is 0 Å². The molecule has 30 heavy (non-hydrogen) atoms. The van der Waals surface area contributed by atoms with Crippen molar-refractivity contribution in [1.29, 1.82) is 0 Å². The molecule has 7 nitrogen and oxygen atoms in total. The van der Waals surface area contributed by atoms with Crippen LogP contribution in [0.25, 0.3) is 6.08 Å². The zero-order valence-corrected chi connectivity index (χ0v) is 17.2. The lowest BCUT2D eigenvalue weighted by Crippen LogP contribution is -1.99. The van der Waals surface area contributed by atoms with Crippen LogP contribution in [0.15, 0.2) is 65.8 Å². The molecule has 1 aromatic heterocycles. The van der Waals surface area contributed by atoms with Crippen molar-refractivity contribution in [2.24, 2.45) is 5.16 Å². The molecule has 0 aliphatic rings. The fourth-order valence-electron chi connectivity index (χ4n) is 2.39. The maximum Gasteiger partial charge on any atom is 0.328 e. The molecule has 0 N–H and O–H groups in total. The van der Waals surface area contributed by atoms with Crippen molar-refractivity contribution in [2.45, 2.75) is 0 Å². The highest BCUT2D eigenvalue weighted by molar-refractivity contribution is 6.30. The number of ether oxygens (including phenoxy) is 3. The summed E-state index contributed by atoms with van der Waals surface area (Å²) >= 11 is 5.96. The van der Waals surface area contributed by atoms with Crippen molar-refractivity contribution in [2.75, 3.05) is 20.8 Å². The Bertz CT molecular complexity index is 1020. The predicted octanol–water partition coefficient (Wildman–Crippen LogP) is 5.00. The van der Waals surface area contributed by atoms with Crippen LogP contribution in [0.1, 0.15) is 11.1 Å². The Morgan fingerprint density at radius 2 is 1.73 bits per heavy atom. The van der Waals surface area contributed by atoms with Crippen LogP contribution >= 0.6 is 11.6 Å². The summed E-state index contributed by atoms with van der Waals surface area (Å²) in [5, 5.41) is 4.67. The van der Waals surface area contributed by atoms with Crippen LogP contribution in [0.3, 0.4) is 0 Å². The summed E-state index contributed by atoms with van der Waals surface area (Å²) in [4.78, 5) is 13.6. The number of halogens is 1. The highest BCUT2D eigenvalue weighted by Crippen LogP contribution is 2.25. The van der Waals surface area contributed by atoms with Gasteiger partial charge in [-0.2, -0.15) is 9.97 Å². The monoisotopic (exact) mass is 425 g/mol. The third kappa shape index (κ3) is 6.22. The van der Waals surface area contributed by atoms with Gasteiger partial charge in [-0.1, -0.05) is 47.1 Å². The fourth-order valence-corrected chi connectivity index (χ4v) is 2.59. The molecule has 0 saturated carbocycles. The average Bonchev–Trinajstić information content (AvgIpc) is 2.77. The molecule has 0 radical (unpaired) electrons. The Morgan fingerprint density at radius 1 is 0.967 bits per heavy atom. The van der Waals surface area contributed by atoms with Crippen LogP contribution in [0, 0.1) is 0 Å². The molecule has 0 unspecified atom stereocenters. The Labute approximate surface area is 179 Å². The molecule has 0 aliphatic heterocycles. The molecular formula is C22H20ClN3O4.